The van der Waals surface area contributed by atoms with E-state index >= 15 is 0 Å². The minimum absolute atomic E-state index is 0.155. The van der Waals surface area contributed by atoms with Gasteiger partial charge in [-0.25, -0.2) is 4.79 Å². The number of cyclic esters (lactones) is 1. The molecule has 38 heavy (non-hydrogen) atoms. The Morgan fingerprint density at radius 3 is 2.45 bits per heavy atom. The zero-order valence-corrected chi connectivity index (χ0v) is 24.4. The fourth-order valence-corrected chi connectivity index (χ4v) is 4.79. The van der Waals surface area contributed by atoms with Gasteiger partial charge in [0, 0.05) is 20.1 Å². The molecule has 0 spiro atoms. The van der Waals surface area contributed by atoms with Gasteiger partial charge >= 0.3 is 12.1 Å². The monoisotopic (exact) mass is 535 g/mol. The van der Waals surface area contributed by atoms with E-state index in [1.54, 1.807) is 14.2 Å². The second kappa shape index (κ2) is 16.5. The van der Waals surface area contributed by atoms with Crippen molar-refractivity contribution in [3.8, 4) is 11.5 Å². The molecule has 1 saturated heterocycles. The molecule has 0 saturated carbocycles. The molecule has 0 bridgehead atoms. The fraction of sp³-hybridized carbons (Fsp3) is 0.733. The Labute approximate surface area is 229 Å². The number of carbonyl (C=O) groups excluding carboxylic acids is 2. The van der Waals surface area contributed by atoms with Crippen molar-refractivity contribution in [1.82, 2.24) is 5.32 Å². The normalized spacial score (nSPS) is 18.8. The highest BCUT2D eigenvalue weighted by atomic mass is 16.6. The van der Waals surface area contributed by atoms with Crippen molar-refractivity contribution >= 4 is 12.1 Å². The molecule has 1 aromatic rings. The summed E-state index contributed by atoms with van der Waals surface area (Å²) in [6, 6.07) is 5.70. The van der Waals surface area contributed by atoms with Crippen LogP contribution in [0.1, 0.15) is 72.3 Å². The first-order valence-corrected chi connectivity index (χ1v) is 14.1. The van der Waals surface area contributed by atoms with Gasteiger partial charge in [-0.2, -0.15) is 0 Å². The Kier molecular flexibility index (Phi) is 13.8. The predicted molar refractivity (Wildman–Crippen MR) is 148 cm³/mol. The third-order valence-electron chi connectivity index (χ3n) is 7.32. The number of methoxy groups -OCH3 is 2. The standard InChI is InChI=1S/C30H49NO7/c1-8-9-14-37-30(33)31-25(27-19-24(21(4)5)29(32)38-27)18-23(20(2)3)16-22-11-12-26(35-7)28(17-22)36-15-10-13-34-6/h11-12,17,20-21,23-25,27H,8-10,13-16,18-19H2,1-7H3,(H,31,33)/t23-,24-,25-,27-/m0/s1. The van der Waals surface area contributed by atoms with Gasteiger partial charge < -0.3 is 29.0 Å². The molecule has 1 N–H and O–H groups in total. The van der Waals surface area contributed by atoms with E-state index in [2.05, 4.69) is 32.2 Å². The lowest BCUT2D eigenvalue weighted by Crippen LogP contribution is -2.45. The molecule has 0 aliphatic carbocycles. The summed E-state index contributed by atoms with van der Waals surface area (Å²) in [4.78, 5) is 25.2. The molecule has 2 rings (SSSR count). The van der Waals surface area contributed by atoms with E-state index < -0.39 is 6.09 Å². The number of benzene rings is 1. The third-order valence-corrected chi connectivity index (χ3v) is 7.32. The SMILES string of the molecule is CCCCOC(=O)N[C@@H](C[C@H](Cc1ccc(OC)c(OCCCOC)c1)C(C)C)[C@@H]1C[C@@H](C(C)C)C(=O)O1. The minimum Gasteiger partial charge on any atom is -0.493 e. The molecular formula is C30H49NO7. The van der Waals surface area contributed by atoms with Crippen LogP contribution in [0.3, 0.4) is 0 Å². The zero-order chi connectivity index (χ0) is 28.1. The molecule has 216 valence electrons. The molecule has 1 aliphatic heterocycles. The number of hydrogen-bond acceptors (Lipinski definition) is 7. The highest BCUT2D eigenvalue weighted by Crippen LogP contribution is 2.34. The molecule has 0 unspecified atom stereocenters. The van der Waals surface area contributed by atoms with Crippen LogP contribution in [-0.2, 0) is 25.4 Å². The number of ether oxygens (including phenoxy) is 5. The summed E-state index contributed by atoms with van der Waals surface area (Å²) in [6.45, 7) is 12.0. The van der Waals surface area contributed by atoms with Crippen LogP contribution in [0.15, 0.2) is 18.2 Å². The summed E-state index contributed by atoms with van der Waals surface area (Å²) < 4.78 is 27.8. The summed E-state index contributed by atoms with van der Waals surface area (Å²) >= 11 is 0. The molecule has 8 nitrogen and oxygen atoms in total. The van der Waals surface area contributed by atoms with Crippen LogP contribution in [-0.4, -0.2) is 58.2 Å². The lowest BCUT2D eigenvalue weighted by atomic mass is 9.81. The van der Waals surface area contributed by atoms with E-state index in [-0.39, 0.29) is 35.9 Å². The van der Waals surface area contributed by atoms with E-state index in [4.69, 9.17) is 23.7 Å². The third kappa shape index (κ3) is 10.0. The number of amides is 1. The summed E-state index contributed by atoms with van der Waals surface area (Å²) in [7, 11) is 3.31. The van der Waals surface area contributed by atoms with Crippen molar-refractivity contribution in [2.75, 3.05) is 34.0 Å². The number of alkyl carbamates (subject to hydrolysis) is 1. The Morgan fingerprint density at radius 1 is 1.08 bits per heavy atom. The molecule has 1 fully saturated rings. The van der Waals surface area contributed by atoms with Crippen LogP contribution in [0.5, 0.6) is 11.5 Å². The Balaban J connectivity index is 2.19. The van der Waals surface area contributed by atoms with Crippen molar-refractivity contribution in [3.63, 3.8) is 0 Å². The van der Waals surface area contributed by atoms with Crippen LogP contribution in [0.4, 0.5) is 4.79 Å². The lowest BCUT2D eigenvalue weighted by Gasteiger charge is -2.30. The van der Waals surface area contributed by atoms with Crippen molar-refractivity contribution in [3.05, 3.63) is 23.8 Å². The fourth-order valence-electron chi connectivity index (χ4n) is 4.79. The van der Waals surface area contributed by atoms with Gasteiger partial charge in [-0.15, -0.1) is 0 Å². The first kappa shape index (κ1) is 31.7. The second-order valence-electron chi connectivity index (χ2n) is 10.9. The summed E-state index contributed by atoms with van der Waals surface area (Å²) in [5, 5.41) is 3.04. The smallest absolute Gasteiger partial charge is 0.407 e. The Morgan fingerprint density at radius 2 is 1.84 bits per heavy atom. The van der Waals surface area contributed by atoms with Crippen molar-refractivity contribution < 1.29 is 33.3 Å². The lowest BCUT2D eigenvalue weighted by molar-refractivity contribution is -0.146. The number of unbranched alkanes of at least 4 members (excludes halogenated alkanes) is 1. The number of rotatable bonds is 17. The maximum atomic E-state index is 12.6. The molecule has 8 heteroatoms. The Hall–Kier alpha value is -2.48. The van der Waals surface area contributed by atoms with E-state index in [0.717, 1.165) is 31.2 Å². The number of carbonyl (C=O) groups is 2. The number of esters is 1. The van der Waals surface area contributed by atoms with Crippen LogP contribution >= 0.6 is 0 Å². The Bertz CT molecular complexity index is 857. The summed E-state index contributed by atoms with van der Waals surface area (Å²) in [5.74, 6) is 1.82. The van der Waals surface area contributed by atoms with E-state index in [1.165, 1.54) is 0 Å². The number of hydrogen-bond donors (Lipinski definition) is 1. The molecule has 1 heterocycles. The maximum Gasteiger partial charge on any atom is 0.407 e. The quantitative estimate of drug-likeness (QED) is 0.199. The van der Waals surface area contributed by atoms with Gasteiger partial charge in [0.15, 0.2) is 11.5 Å². The van der Waals surface area contributed by atoms with Crippen molar-refractivity contribution in [2.24, 2.45) is 23.7 Å². The van der Waals surface area contributed by atoms with Crippen molar-refractivity contribution in [2.45, 2.75) is 85.3 Å². The first-order valence-electron chi connectivity index (χ1n) is 14.1. The van der Waals surface area contributed by atoms with Crippen LogP contribution in [0.2, 0.25) is 0 Å². The van der Waals surface area contributed by atoms with Gasteiger partial charge in [0.25, 0.3) is 0 Å². The predicted octanol–water partition coefficient (Wildman–Crippen LogP) is 5.80. The van der Waals surface area contributed by atoms with Crippen LogP contribution in [0, 0.1) is 23.7 Å². The average Bonchev–Trinajstić information content (AvgIpc) is 3.27. The number of nitrogens with one attached hydrogen (secondary N) is 1. The van der Waals surface area contributed by atoms with Gasteiger partial charge in [-0.05, 0) is 61.1 Å². The average molecular weight is 536 g/mol. The van der Waals surface area contributed by atoms with Crippen molar-refractivity contribution in [1.29, 1.82) is 0 Å². The first-order chi connectivity index (χ1) is 18.2. The topological polar surface area (TPSA) is 92.3 Å². The van der Waals surface area contributed by atoms with Crippen LogP contribution in [0.25, 0.3) is 0 Å². The van der Waals surface area contributed by atoms with Gasteiger partial charge in [0.2, 0.25) is 0 Å². The molecule has 0 aromatic heterocycles. The summed E-state index contributed by atoms with van der Waals surface area (Å²) in [5.41, 5.74) is 1.12. The van der Waals surface area contributed by atoms with E-state index in [1.807, 2.05) is 26.0 Å². The molecule has 1 amide bonds. The highest BCUT2D eigenvalue weighted by Gasteiger charge is 2.41. The van der Waals surface area contributed by atoms with Gasteiger partial charge in [-0.3, -0.25) is 4.79 Å². The largest absolute Gasteiger partial charge is 0.493 e. The zero-order valence-electron chi connectivity index (χ0n) is 24.4. The van der Waals surface area contributed by atoms with E-state index in [9.17, 15) is 9.59 Å². The van der Waals surface area contributed by atoms with E-state index in [0.29, 0.717) is 50.1 Å². The van der Waals surface area contributed by atoms with Gasteiger partial charge in [0.05, 0.1) is 32.3 Å². The maximum absolute atomic E-state index is 12.6. The second-order valence-corrected chi connectivity index (χ2v) is 10.9. The molecule has 1 aromatic carbocycles. The van der Waals surface area contributed by atoms with Gasteiger partial charge in [-0.1, -0.05) is 47.1 Å². The minimum atomic E-state index is -0.453. The molecule has 4 atom stereocenters. The summed E-state index contributed by atoms with van der Waals surface area (Å²) in [6.07, 6.45) is 3.78. The van der Waals surface area contributed by atoms with Crippen LogP contribution < -0.4 is 14.8 Å². The van der Waals surface area contributed by atoms with Gasteiger partial charge in [0.1, 0.15) is 6.10 Å². The molecule has 1 aliphatic rings. The molecule has 0 radical (unpaired) electrons. The molecular weight excluding hydrogens is 486 g/mol. The highest BCUT2D eigenvalue weighted by molar-refractivity contribution is 5.75.